The number of carbonyl (C=O) groups is 1. The Morgan fingerprint density at radius 3 is 3.13 bits per heavy atom. The second-order valence-electron chi connectivity index (χ2n) is 5.67. The van der Waals surface area contributed by atoms with Crippen molar-refractivity contribution >= 4 is 11.9 Å². The molecule has 23 heavy (non-hydrogen) atoms. The highest BCUT2D eigenvalue weighted by molar-refractivity contribution is 5.88. The minimum absolute atomic E-state index is 0.205. The first-order valence-corrected chi connectivity index (χ1v) is 7.93. The minimum Gasteiger partial charge on any atom is -0.462 e. The molecular weight excluding hydrogens is 294 g/mol. The monoisotopic (exact) mass is 315 g/mol. The van der Waals surface area contributed by atoms with Crippen molar-refractivity contribution in [1.82, 2.24) is 19.7 Å². The van der Waals surface area contributed by atoms with Gasteiger partial charge in [-0.15, -0.1) is 0 Å². The van der Waals surface area contributed by atoms with Crippen LogP contribution in [-0.4, -0.2) is 45.4 Å². The number of rotatable bonds is 4. The van der Waals surface area contributed by atoms with Crippen molar-refractivity contribution in [2.24, 2.45) is 0 Å². The van der Waals surface area contributed by atoms with Crippen LogP contribution in [-0.2, 0) is 4.74 Å². The summed E-state index contributed by atoms with van der Waals surface area (Å²) in [5.41, 5.74) is 1.46. The number of anilines is 1. The van der Waals surface area contributed by atoms with Crippen LogP contribution in [0.15, 0.2) is 24.7 Å². The predicted octanol–water partition coefficient (Wildman–Crippen LogP) is 2.00. The van der Waals surface area contributed by atoms with Gasteiger partial charge in [0.1, 0.15) is 0 Å². The van der Waals surface area contributed by atoms with E-state index in [2.05, 4.69) is 20.0 Å². The molecule has 0 saturated carbocycles. The molecule has 1 unspecified atom stereocenters. The van der Waals surface area contributed by atoms with Gasteiger partial charge < -0.3 is 9.64 Å². The van der Waals surface area contributed by atoms with Crippen LogP contribution < -0.4 is 4.90 Å². The van der Waals surface area contributed by atoms with E-state index in [1.165, 1.54) is 0 Å². The van der Waals surface area contributed by atoms with E-state index >= 15 is 0 Å². The van der Waals surface area contributed by atoms with Gasteiger partial charge in [0.05, 0.1) is 24.4 Å². The Bertz CT molecular complexity index is 685. The molecule has 0 aliphatic carbocycles. The van der Waals surface area contributed by atoms with Crippen LogP contribution in [0.2, 0.25) is 0 Å². The Morgan fingerprint density at radius 2 is 2.35 bits per heavy atom. The van der Waals surface area contributed by atoms with Gasteiger partial charge in [0.2, 0.25) is 5.95 Å². The van der Waals surface area contributed by atoms with Crippen molar-refractivity contribution in [2.75, 3.05) is 24.6 Å². The number of aryl methyl sites for hydroxylation is 1. The van der Waals surface area contributed by atoms with Gasteiger partial charge in [0, 0.05) is 31.2 Å². The number of carbonyl (C=O) groups excluding carboxylic acids is 1. The molecule has 0 bridgehead atoms. The summed E-state index contributed by atoms with van der Waals surface area (Å²) >= 11 is 0. The van der Waals surface area contributed by atoms with E-state index in [1.807, 2.05) is 17.7 Å². The average Bonchev–Trinajstić information content (AvgIpc) is 3.05. The fourth-order valence-corrected chi connectivity index (χ4v) is 2.80. The Balaban J connectivity index is 1.72. The van der Waals surface area contributed by atoms with Crippen LogP contribution in [0.3, 0.4) is 0 Å². The zero-order chi connectivity index (χ0) is 16.2. The smallest absolute Gasteiger partial charge is 0.341 e. The molecule has 0 radical (unpaired) electrons. The third-order valence-corrected chi connectivity index (χ3v) is 3.95. The Labute approximate surface area is 135 Å². The summed E-state index contributed by atoms with van der Waals surface area (Å²) in [5, 5.41) is 4.34. The van der Waals surface area contributed by atoms with Crippen LogP contribution in [0.25, 0.3) is 0 Å². The van der Waals surface area contributed by atoms with Crippen molar-refractivity contribution in [1.29, 1.82) is 0 Å². The molecule has 1 fully saturated rings. The SMILES string of the molecule is CCOC(=O)c1cnn(C2CCCN(c3nccc(C)n3)C2)c1. The fourth-order valence-electron chi connectivity index (χ4n) is 2.80. The Morgan fingerprint density at radius 1 is 1.48 bits per heavy atom. The molecular formula is C16H21N5O2. The lowest BCUT2D eigenvalue weighted by Crippen LogP contribution is -2.37. The lowest BCUT2D eigenvalue weighted by atomic mass is 10.1. The molecule has 1 aliphatic heterocycles. The third-order valence-electron chi connectivity index (χ3n) is 3.95. The lowest BCUT2D eigenvalue weighted by molar-refractivity contribution is 0.0526. The van der Waals surface area contributed by atoms with E-state index in [-0.39, 0.29) is 12.0 Å². The molecule has 1 atom stereocenters. The number of hydrogen-bond acceptors (Lipinski definition) is 6. The summed E-state index contributed by atoms with van der Waals surface area (Å²) < 4.78 is 6.86. The summed E-state index contributed by atoms with van der Waals surface area (Å²) in [6.45, 7) is 5.85. The van der Waals surface area contributed by atoms with Gasteiger partial charge in [-0.1, -0.05) is 0 Å². The van der Waals surface area contributed by atoms with Gasteiger partial charge >= 0.3 is 5.97 Å². The number of nitrogens with zero attached hydrogens (tertiary/aromatic N) is 5. The number of esters is 1. The second-order valence-corrected chi connectivity index (χ2v) is 5.67. The largest absolute Gasteiger partial charge is 0.462 e. The van der Waals surface area contributed by atoms with E-state index in [1.54, 1.807) is 25.5 Å². The van der Waals surface area contributed by atoms with Gasteiger partial charge in [0.15, 0.2) is 0 Å². The topological polar surface area (TPSA) is 73.1 Å². The molecule has 122 valence electrons. The van der Waals surface area contributed by atoms with Gasteiger partial charge in [-0.3, -0.25) is 4.68 Å². The summed E-state index contributed by atoms with van der Waals surface area (Å²) in [4.78, 5) is 22.8. The van der Waals surface area contributed by atoms with E-state index in [4.69, 9.17) is 4.74 Å². The minimum atomic E-state index is -0.326. The maximum absolute atomic E-state index is 11.8. The first-order valence-electron chi connectivity index (χ1n) is 7.93. The number of ether oxygens (including phenoxy) is 1. The van der Waals surface area contributed by atoms with Crippen LogP contribution in [0.5, 0.6) is 0 Å². The van der Waals surface area contributed by atoms with E-state index in [0.717, 1.165) is 37.6 Å². The van der Waals surface area contributed by atoms with E-state index in [0.29, 0.717) is 12.2 Å². The molecule has 1 saturated heterocycles. The maximum Gasteiger partial charge on any atom is 0.341 e. The molecule has 0 amide bonds. The number of aromatic nitrogens is 4. The van der Waals surface area contributed by atoms with Crippen molar-refractivity contribution in [3.05, 3.63) is 35.9 Å². The van der Waals surface area contributed by atoms with E-state index in [9.17, 15) is 4.79 Å². The maximum atomic E-state index is 11.8. The van der Waals surface area contributed by atoms with Crippen LogP contribution in [0.4, 0.5) is 5.95 Å². The zero-order valence-corrected chi connectivity index (χ0v) is 13.5. The van der Waals surface area contributed by atoms with Gasteiger partial charge in [-0.05, 0) is 32.8 Å². The van der Waals surface area contributed by atoms with Crippen LogP contribution in [0, 0.1) is 6.92 Å². The molecule has 0 spiro atoms. The Hall–Kier alpha value is -2.44. The second kappa shape index (κ2) is 6.76. The number of piperidine rings is 1. The summed E-state index contributed by atoms with van der Waals surface area (Å²) in [6.07, 6.45) is 7.18. The molecule has 0 N–H and O–H groups in total. The van der Waals surface area contributed by atoms with Crippen LogP contribution >= 0.6 is 0 Å². The quantitative estimate of drug-likeness (QED) is 0.804. The highest BCUT2D eigenvalue weighted by Gasteiger charge is 2.24. The molecule has 7 heteroatoms. The lowest BCUT2D eigenvalue weighted by Gasteiger charge is -2.32. The van der Waals surface area contributed by atoms with Gasteiger partial charge in [-0.2, -0.15) is 5.10 Å². The molecule has 3 rings (SSSR count). The van der Waals surface area contributed by atoms with Crippen LogP contribution in [0.1, 0.15) is 41.9 Å². The molecule has 1 aliphatic rings. The highest BCUT2D eigenvalue weighted by atomic mass is 16.5. The normalized spacial score (nSPS) is 18.0. The zero-order valence-electron chi connectivity index (χ0n) is 13.5. The first kappa shape index (κ1) is 15.5. The van der Waals surface area contributed by atoms with Gasteiger partial charge in [-0.25, -0.2) is 14.8 Å². The fraction of sp³-hybridized carbons (Fsp3) is 0.500. The van der Waals surface area contributed by atoms with Gasteiger partial charge in [0.25, 0.3) is 0 Å². The average molecular weight is 315 g/mol. The Kier molecular flexibility index (Phi) is 4.55. The third kappa shape index (κ3) is 3.49. The van der Waals surface area contributed by atoms with Crippen molar-refractivity contribution < 1.29 is 9.53 Å². The molecule has 3 heterocycles. The molecule has 2 aromatic heterocycles. The molecule has 0 aromatic carbocycles. The standard InChI is InChI=1S/C16H21N5O2/c1-3-23-15(22)13-9-18-21(10-13)14-5-4-8-20(11-14)16-17-7-6-12(2)19-16/h6-7,9-10,14H,3-5,8,11H2,1-2H3. The first-order chi connectivity index (χ1) is 11.2. The highest BCUT2D eigenvalue weighted by Crippen LogP contribution is 2.24. The van der Waals surface area contributed by atoms with Crippen molar-refractivity contribution in [3.8, 4) is 0 Å². The molecule has 7 nitrogen and oxygen atoms in total. The summed E-state index contributed by atoms with van der Waals surface area (Å²) in [7, 11) is 0. The summed E-state index contributed by atoms with van der Waals surface area (Å²) in [6, 6.07) is 2.10. The molecule has 2 aromatic rings. The summed E-state index contributed by atoms with van der Waals surface area (Å²) in [5.74, 6) is 0.431. The predicted molar refractivity (Wildman–Crippen MR) is 85.4 cm³/mol. The van der Waals surface area contributed by atoms with Crippen molar-refractivity contribution in [2.45, 2.75) is 32.7 Å². The van der Waals surface area contributed by atoms with E-state index < -0.39 is 0 Å². The van der Waals surface area contributed by atoms with Crippen molar-refractivity contribution in [3.63, 3.8) is 0 Å². The number of hydrogen-bond donors (Lipinski definition) is 0.